The molecule has 1 aromatic carbocycles. The molecule has 0 aliphatic carbocycles. The number of nitrogens with two attached hydrogens (primary N) is 1. The monoisotopic (exact) mass is 175 g/mol. The van der Waals surface area contributed by atoms with Crippen LogP contribution in [-0.4, -0.2) is 6.54 Å². The standard InChI is InChI=1S/C10H13N3/c1-2-5-13-10-4-3-9(12)6-8(10)7-11/h3-4,6,13H,2,5,12H2,1H3. The molecule has 0 bridgehead atoms. The van der Waals surface area contributed by atoms with E-state index in [0.29, 0.717) is 11.3 Å². The summed E-state index contributed by atoms with van der Waals surface area (Å²) in [6.45, 7) is 2.95. The number of nitrogens with one attached hydrogen (secondary N) is 1. The van der Waals surface area contributed by atoms with Gasteiger partial charge in [0, 0.05) is 12.2 Å². The van der Waals surface area contributed by atoms with E-state index in [9.17, 15) is 0 Å². The number of nitriles is 1. The first kappa shape index (κ1) is 9.40. The van der Waals surface area contributed by atoms with Gasteiger partial charge in [-0.05, 0) is 24.6 Å². The van der Waals surface area contributed by atoms with Gasteiger partial charge in [0.15, 0.2) is 0 Å². The molecule has 0 aliphatic heterocycles. The van der Waals surface area contributed by atoms with Crippen LogP contribution in [0.2, 0.25) is 0 Å². The van der Waals surface area contributed by atoms with Crippen LogP contribution in [0.15, 0.2) is 18.2 Å². The van der Waals surface area contributed by atoms with Crippen molar-refractivity contribution < 1.29 is 0 Å². The predicted molar refractivity (Wildman–Crippen MR) is 54.4 cm³/mol. The first-order valence-corrected chi connectivity index (χ1v) is 4.31. The van der Waals surface area contributed by atoms with E-state index in [0.717, 1.165) is 18.7 Å². The lowest BCUT2D eigenvalue weighted by atomic mass is 10.1. The molecule has 1 aromatic rings. The molecule has 0 aliphatic rings. The van der Waals surface area contributed by atoms with Crippen molar-refractivity contribution in [1.29, 1.82) is 5.26 Å². The molecule has 3 nitrogen and oxygen atoms in total. The van der Waals surface area contributed by atoms with Gasteiger partial charge in [-0.2, -0.15) is 5.26 Å². The van der Waals surface area contributed by atoms with Crippen LogP contribution in [-0.2, 0) is 0 Å². The van der Waals surface area contributed by atoms with Gasteiger partial charge >= 0.3 is 0 Å². The van der Waals surface area contributed by atoms with Crippen molar-refractivity contribution in [2.75, 3.05) is 17.6 Å². The Bertz CT molecular complexity index is 325. The Hall–Kier alpha value is -1.69. The van der Waals surface area contributed by atoms with Crippen LogP contribution < -0.4 is 11.1 Å². The van der Waals surface area contributed by atoms with Gasteiger partial charge in [-0.1, -0.05) is 6.92 Å². The molecule has 0 amide bonds. The third-order valence-electron chi connectivity index (χ3n) is 1.73. The highest BCUT2D eigenvalue weighted by molar-refractivity contribution is 5.62. The Labute approximate surface area is 78.2 Å². The fraction of sp³-hybridized carbons (Fsp3) is 0.300. The highest BCUT2D eigenvalue weighted by atomic mass is 14.9. The topological polar surface area (TPSA) is 61.8 Å². The Morgan fingerprint density at radius 3 is 2.92 bits per heavy atom. The smallest absolute Gasteiger partial charge is 0.101 e. The van der Waals surface area contributed by atoms with Gasteiger partial charge in [-0.3, -0.25) is 0 Å². The number of rotatable bonds is 3. The van der Waals surface area contributed by atoms with Crippen LogP contribution in [0.3, 0.4) is 0 Å². The molecular formula is C10H13N3. The molecule has 1 rings (SSSR count). The van der Waals surface area contributed by atoms with Crippen molar-refractivity contribution in [2.45, 2.75) is 13.3 Å². The van der Waals surface area contributed by atoms with E-state index in [1.807, 2.05) is 6.07 Å². The lowest BCUT2D eigenvalue weighted by Gasteiger charge is -2.06. The molecule has 0 fully saturated rings. The molecule has 0 heterocycles. The number of nitrogens with zero attached hydrogens (tertiary/aromatic N) is 1. The Balaban J connectivity index is 2.88. The number of hydrogen-bond donors (Lipinski definition) is 2. The molecule has 3 N–H and O–H groups in total. The van der Waals surface area contributed by atoms with Gasteiger partial charge in [-0.15, -0.1) is 0 Å². The van der Waals surface area contributed by atoms with Crippen molar-refractivity contribution in [1.82, 2.24) is 0 Å². The van der Waals surface area contributed by atoms with Crippen molar-refractivity contribution in [3.63, 3.8) is 0 Å². The maximum atomic E-state index is 8.80. The SMILES string of the molecule is CCCNc1ccc(N)cc1C#N. The summed E-state index contributed by atoms with van der Waals surface area (Å²) in [6.07, 6.45) is 1.04. The summed E-state index contributed by atoms with van der Waals surface area (Å²) < 4.78 is 0. The molecular weight excluding hydrogens is 162 g/mol. The minimum absolute atomic E-state index is 0.605. The van der Waals surface area contributed by atoms with E-state index in [-0.39, 0.29) is 0 Å². The number of benzene rings is 1. The fourth-order valence-corrected chi connectivity index (χ4v) is 1.07. The molecule has 0 atom stereocenters. The van der Waals surface area contributed by atoms with Crippen molar-refractivity contribution in [3.8, 4) is 6.07 Å². The van der Waals surface area contributed by atoms with Crippen LogP contribution in [0.1, 0.15) is 18.9 Å². The number of nitrogen functional groups attached to an aromatic ring is 1. The fourth-order valence-electron chi connectivity index (χ4n) is 1.07. The lowest BCUT2D eigenvalue weighted by molar-refractivity contribution is 0.979. The van der Waals surface area contributed by atoms with Crippen molar-refractivity contribution in [2.24, 2.45) is 0 Å². The molecule has 13 heavy (non-hydrogen) atoms. The van der Waals surface area contributed by atoms with Crippen molar-refractivity contribution in [3.05, 3.63) is 23.8 Å². The highest BCUT2D eigenvalue weighted by Crippen LogP contribution is 2.17. The van der Waals surface area contributed by atoms with Gasteiger partial charge in [0.05, 0.1) is 11.3 Å². The minimum Gasteiger partial charge on any atom is -0.399 e. The second kappa shape index (κ2) is 4.36. The van der Waals surface area contributed by atoms with Gasteiger partial charge < -0.3 is 11.1 Å². The second-order valence-corrected chi connectivity index (χ2v) is 2.84. The second-order valence-electron chi connectivity index (χ2n) is 2.84. The summed E-state index contributed by atoms with van der Waals surface area (Å²) in [5.74, 6) is 0. The summed E-state index contributed by atoms with van der Waals surface area (Å²) in [6, 6.07) is 7.41. The average Bonchev–Trinajstić information content (AvgIpc) is 2.16. The van der Waals surface area contributed by atoms with E-state index in [1.165, 1.54) is 0 Å². The molecule has 3 heteroatoms. The third kappa shape index (κ3) is 2.38. The predicted octanol–water partition coefficient (Wildman–Crippen LogP) is 1.96. The molecule has 0 saturated heterocycles. The molecule has 0 saturated carbocycles. The molecule has 0 unspecified atom stereocenters. The maximum absolute atomic E-state index is 8.80. The Morgan fingerprint density at radius 1 is 1.54 bits per heavy atom. The molecule has 0 radical (unpaired) electrons. The Kier molecular flexibility index (Phi) is 3.15. The number of anilines is 2. The first-order valence-electron chi connectivity index (χ1n) is 4.31. The summed E-state index contributed by atoms with van der Waals surface area (Å²) in [7, 11) is 0. The van der Waals surface area contributed by atoms with Crippen LogP contribution in [0, 0.1) is 11.3 Å². The van der Waals surface area contributed by atoms with Crippen molar-refractivity contribution >= 4 is 11.4 Å². The molecule has 0 spiro atoms. The van der Waals surface area contributed by atoms with E-state index in [2.05, 4.69) is 18.3 Å². The quantitative estimate of drug-likeness (QED) is 0.690. The van der Waals surface area contributed by atoms with E-state index in [4.69, 9.17) is 11.0 Å². The zero-order chi connectivity index (χ0) is 9.68. The first-order chi connectivity index (χ1) is 6.27. The zero-order valence-corrected chi connectivity index (χ0v) is 7.67. The third-order valence-corrected chi connectivity index (χ3v) is 1.73. The van der Waals surface area contributed by atoms with Crippen LogP contribution in [0.4, 0.5) is 11.4 Å². The largest absolute Gasteiger partial charge is 0.399 e. The highest BCUT2D eigenvalue weighted by Gasteiger charge is 2.00. The average molecular weight is 175 g/mol. The summed E-state index contributed by atoms with van der Waals surface area (Å²) >= 11 is 0. The number of hydrogen-bond acceptors (Lipinski definition) is 3. The van der Waals surface area contributed by atoms with E-state index < -0.39 is 0 Å². The van der Waals surface area contributed by atoms with Gasteiger partial charge in [0.1, 0.15) is 6.07 Å². The maximum Gasteiger partial charge on any atom is 0.101 e. The van der Waals surface area contributed by atoms with E-state index >= 15 is 0 Å². The molecule has 68 valence electrons. The summed E-state index contributed by atoms with van der Waals surface area (Å²) in [5, 5.41) is 12.0. The summed E-state index contributed by atoms with van der Waals surface area (Å²) in [5.41, 5.74) is 7.64. The zero-order valence-electron chi connectivity index (χ0n) is 7.67. The van der Waals surface area contributed by atoms with Gasteiger partial charge in [0.2, 0.25) is 0 Å². The molecule has 0 aromatic heterocycles. The summed E-state index contributed by atoms with van der Waals surface area (Å²) in [4.78, 5) is 0. The van der Waals surface area contributed by atoms with Gasteiger partial charge in [-0.25, -0.2) is 0 Å². The van der Waals surface area contributed by atoms with Crippen LogP contribution in [0.25, 0.3) is 0 Å². The van der Waals surface area contributed by atoms with Crippen LogP contribution in [0.5, 0.6) is 0 Å². The van der Waals surface area contributed by atoms with E-state index in [1.54, 1.807) is 12.1 Å². The Morgan fingerprint density at radius 2 is 2.31 bits per heavy atom. The lowest BCUT2D eigenvalue weighted by Crippen LogP contribution is -2.02. The van der Waals surface area contributed by atoms with Crippen LogP contribution >= 0.6 is 0 Å². The normalized spacial score (nSPS) is 9.23. The van der Waals surface area contributed by atoms with Gasteiger partial charge in [0.25, 0.3) is 0 Å². The minimum atomic E-state index is 0.605.